The lowest BCUT2D eigenvalue weighted by Gasteiger charge is -1.98. The van der Waals surface area contributed by atoms with Crippen molar-refractivity contribution in [2.45, 2.75) is 6.92 Å². The molecule has 0 spiro atoms. The molecule has 15 heavy (non-hydrogen) atoms. The molecule has 3 nitrogen and oxygen atoms in total. The summed E-state index contributed by atoms with van der Waals surface area (Å²) in [5, 5.41) is 9.24. The third-order valence-corrected chi connectivity index (χ3v) is 2.31. The first kappa shape index (κ1) is 11.8. The minimum Gasteiger partial charge on any atom is -0.507 e. The molecular weight excluding hydrogens is 260 g/mol. The zero-order valence-corrected chi connectivity index (χ0v) is 9.82. The van der Waals surface area contributed by atoms with Gasteiger partial charge in [0.05, 0.1) is 11.1 Å². The monoisotopic (exact) mass is 270 g/mol. The first-order valence-electron chi connectivity index (χ1n) is 4.47. The number of ether oxygens (including phenoxy) is 1. The van der Waals surface area contributed by atoms with Crippen LogP contribution in [0.1, 0.15) is 12.5 Å². The Morgan fingerprint density at radius 3 is 2.93 bits per heavy atom. The van der Waals surface area contributed by atoms with Crippen LogP contribution in [0.2, 0.25) is 0 Å². The van der Waals surface area contributed by atoms with Crippen LogP contribution in [-0.2, 0) is 9.53 Å². The van der Waals surface area contributed by atoms with Gasteiger partial charge in [-0.25, -0.2) is 4.79 Å². The Kier molecular flexibility index (Phi) is 4.37. The van der Waals surface area contributed by atoms with E-state index in [2.05, 4.69) is 15.9 Å². The molecule has 0 saturated carbocycles. The third kappa shape index (κ3) is 3.75. The summed E-state index contributed by atoms with van der Waals surface area (Å²) >= 11 is 3.18. The van der Waals surface area contributed by atoms with Crippen LogP contribution >= 0.6 is 15.9 Å². The van der Waals surface area contributed by atoms with E-state index in [4.69, 9.17) is 4.74 Å². The van der Waals surface area contributed by atoms with Gasteiger partial charge in [-0.3, -0.25) is 0 Å². The Hall–Kier alpha value is -1.29. The van der Waals surface area contributed by atoms with Gasteiger partial charge in [-0.15, -0.1) is 0 Å². The van der Waals surface area contributed by atoms with Crippen LogP contribution in [0.3, 0.4) is 0 Å². The van der Waals surface area contributed by atoms with E-state index in [1.54, 1.807) is 31.2 Å². The van der Waals surface area contributed by atoms with Gasteiger partial charge in [-0.2, -0.15) is 0 Å². The van der Waals surface area contributed by atoms with Crippen molar-refractivity contribution in [3.8, 4) is 5.75 Å². The maximum absolute atomic E-state index is 11.0. The number of hydrogen-bond donors (Lipinski definition) is 1. The van der Waals surface area contributed by atoms with Crippen molar-refractivity contribution in [2.75, 3.05) is 6.61 Å². The summed E-state index contributed by atoms with van der Waals surface area (Å²) in [6.07, 6.45) is 2.98. The number of halogens is 1. The van der Waals surface area contributed by atoms with Crippen molar-refractivity contribution < 1.29 is 14.6 Å². The Balaban J connectivity index is 2.72. The first-order chi connectivity index (χ1) is 7.13. The second-order valence-corrected chi connectivity index (χ2v) is 3.65. The molecule has 0 aliphatic heterocycles. The molecule has 0 saturated heterocycles. The van der Waals surface area contributed by atoms with Crippen molar-refractivity contribution in [1.82, 2.24) is 0 Å². The number of benzene rings is 1. The van der Waals surface area contributed by atoms with E-state index < -0.39 is 0 Å². The maximum Gasteiger partial charge on any atom is 0.330 e. The number of carbonyl (C=O) groups is 1. The predicted molar refractivity (Wildman–Crippen MR) is 61.5 cm³/mol. The molecule has 1 N–H and O–H groups in total. The van der Waals surface area contributed by atoms with Gasteiger partial charge in [0.1, 0.15) is 5.75 Å². The summed E-state index contributed by atoms with van der Waals surface area (Å²) in [7, 11) is 0. The standard InChI is InChI=1S/C11H11BrO3/c1-2-15-11(14)6-4-8-3-5-10(13)9(12)7-8/h3-7,13H,2H2,1H3/b6-4+. The van der Waals surface area contributed by atoms with Crippen molar-refractivity contribution in [2.24, 2.45) is 0 Å². The van der Waals surface area contributed by atoms with E-state index in [9.17, 15) is 9.90 Å². The SMILES string of the molecule is CCOC(=O)/C=C/c1ccc(O)c(Br)c1. The third-order valence-electron chi connectivity index (χ3n) is 1.67. The molecule has 1 aromatic carbocycles. The number of aromatic hydroxyl groups is 1. The van der Waals surface area contributed by atoms with E-state index in [0.29, 0.717) is 11.1 Å². The minimum absolute atomic E-state index is 0.170. The smallest absolute Gasteiger partial charge is 0.330 e. The topological polar surface area (TPSA) is 46.5 Å². The summed E-state index contributed by atoms with van der Waals surface area (Å²) < 4.78 is 5.32. The molecule has 1 aromatic rings. The van der Waals surface area contributed by atoms with Crippen LogP contribution in [0.15, 0.2) is 28.7 Å². The van der Waals surface area contributed by atoms with E-state index in [0.717, 1.165) is 5.56 Å². The van der Waals surface area contributed by atoms with E-state index in [1.165, 1.54) is 6.08 Å². The van der Waals surface area contributed by atoms with Crippen molar-refractivity contribution in [3.63, 3.8) is 0 Å². The minimum atomic E-state index is -0.373. The number of esters is 1. The molecule has 0 aliphatic carbocycles. The van der Waals surface area contributed by atoms with Gasteiger partial charge in [-0.05, 0) is 46.6 Å². The Bertz CT molecular complexity index is 385. The Labute approximate surface area is 96.5 Å². The van der Waals surface area contributed by atoms with Crippen molar-refractivity contribution in [3.05, 3.63) is 34.3 Å². The summed E-state index contributed by atoms with van der Waals surface area (Å²) in [4.78, 5) is 11.0. The fourth-order valence-electron chi connectivity index (χ4n) is 0.981. The van der Waals surface area contributed by atoms with Gasteiger partial charge in [0.25, 0.3) is 0 Å². The number of rotatable bonds is 3. The first-order valence-corrected chi connectivity index (χ1v) is 5.26. The van der Waals surface area contributed by atoms with E-state index in [-0.39, 0.29) is 11.7 Å². The largest absolute Gasteiger partial charge is 0.507 e. The molecule has 1 rings (SSSR count). The lowest BCUT2D eigenvalue weighted by atomic mass is 10.2. The number of carbonyl (C=O) groups excluding carboxylic acids is 1. The zero-order valence-electron chi connectivity index (χ0n) is 8.24. The summed E-state index contributed by atoms with van der Waals surface area (Å²) in [6.45, 7) is 2.12. The predicted octanol–water partition coefficient (Wildman–Crippen LogP) is 2.73. The van der Waals surface area contributed by atoms with E-state index in [1.807, 2.05) is 0 Å². The number of hydrogen-bond acceptors (Lipinski definition) is 3. The lowest BCUT2D eigenvalue weighted by Crippen LogP contribution is -1.98. The van der Waals surface area contributed by atoms with Gasteiger partial charge in [0.15, 0.2) is 0 Å². The highest BCUT2D eigenvalue weighted by Crippen LogP contribution is 2.24. The molecule has 0 fully saturated rings. The second-order valence-electron chi connectivity index (χ2n) is 2.80. The van der Waals surface area contributed by atoms with Crippen LogP contribution in [-0.4, -0.2) is 17.7 Å². The quantitative estimate of drug-likeness (QED) is 0.679. The van der Waals surface area contributed by atoms with E-state index >= 15 is 0 Å². The molecule has 0 aromatic heterocycles. The molecule has 4 heteroatoms. The van der Waals surface area contributed by atoms with Gasteiger partial charge in [0, 0.05) is 6.08 Å². The highest BCUT2D eigenvalue weighted by atomic mass is 79.9. The maximum atomic E-state index is 11.0. The van der Waals surface area contributed by atoms with Crippen molar-refractivity contribution in [1.29, 1.82) is 0 Å². The summed E-state index contributed by atoms with van der Waals surface area (Å²) in [5.74, 6) is -0.204. The summed E-state index contributed by atoms with van der Waals surface area (Å²) in [5.41, 5.74) is 0.813. The normalized spacial score (nSPS) is 10.5. The fourth-order valence-corrected chi connectivity index (χ4v) is 1.38. The molecule has 0 radical (unpaired) electrons. The average Bonchev–Trinajstić information content (AvgIpc) is 2.20. The molecule has 80 valence electrons. The summed E-state index contributed by atoms with van der Waals surface area (Å²) in [6, 6.07) is 4.97. The highest BCUT2D eigenvalue weighted by molar-refractivity contribution is 9.10. The average molecular weight is 271 g/mol. The van der Waals surface area contributed by atoms with Crippen LogP contribution in [0.4, 0.5) is 0 Å². The number of phenolic OH excluding ortho intramolecular Hbond substituents is 1. The van der Waals surface area contributed by atoms with Crippen LogP contribution in [0, 0.1) is 0 Å². The van der Waals surface area contributed by atoms with Gasteiger partial charge in [0.2, 0.25) is 0 Å². The fraction of sp³-hybridized carbons (Fsp3) is 0.182. The molecule has 0 unspecified atom stereocenters. The van der Waals surface area contributed by atoms with Crippen molar-refractivity contribution >= 4 is 28.0 Å². The lowest BCUT2D eigenvalue weighted by molar-refractivity contribution is -0.137. The Morgan fingerprint density at radius 2 is 2.33 bits per heavy atom. The van der Waals surface area contributed by atoms with Crippen LogP contribution in [0.5, 0.6) is 5.75 Å². The van der Waals surface area contributed by atoms with Gasteiger partial charge >= 0.3 is 5.97 Å². The number of phenols is 1. The molecule has 0 amide bonds. The molecular formula is C11H11BrO3. The highest BCUT2D eigenvalue weighted by Gasteiger charge is 1.98. The van der Waals surface area contributed by atoms with Gasteiger partial charge < -0.3 is 9.84 Å². The van der Waals surface area contributed by atoms with Gasteiger partial charge in [-0.1, -0.05) is 6.07 Å². The Morgan fingerprint density at radius 1 is 1.60 bits per heavy atom. The molecule has 0 aliphatic rings. The molecule has 0 heterocycles. The molecule has 0 atom stereocenters. The molecule has 0 bridgehead atoms. The zero-order chi connectivity index (χ0) is 11.3. The second kappa shape index (κ2) is 5.56. The van der Waals surface area contributed by atoms with Crippen LogP contribution < -0.4 is 0 Å². The van der Waals surface area contributed by atoms with Crippen LogP contribution in [0.25, 0.3) is 6.08 Å².